The molecule has 0 radical (unpaired) electrons. The first-order chi connectivity index (χ1) is 7.27. The highest BCUT2D eigenvalue weighted by Gasteiger charge is 2.04. The normalized spacial score (nSPS) is 9.73. The number of nitrogens with one attached hydrogen (secondary N) is 1. The summed E-state index contributed by atoms with van der Waals surface area (Å²) in [6.07, 6.45) is 3.08. The van der Waals surface area contributed by atoms with E-state index in [4.69, 9.17) is 4.74 Å². The van der Waals surface area contributed by atoms with Gasteiger partial charge in [0.2, 0.25) is 11.8 Å². The van der Waals surface area contributed by atoms with Crippen molar-refractivity contribution in [1.29, 1.82) is 0 Å². The van der Waals surface area contributed by atoms with Gasteiger partial charge in [0.15, 0.2) is 0 Å². The van der Waals surface area contributed by atoms with Gasteiger partial charge >= 0.3 is 0 Å². The number of methoxy groups -OCH3 is 1. The highest BCUT2D eigenvalue weighted by atomic mass is 16.5. The molecular formula is C11H16N2O2. The van der Waals surface area contributed by atoms with E-state index >= 15 is 0 Å². The van der Waals surface area contributed by atoms with Gasteiger partial charge in [0.1, 0.15) is 0 Å². The largest absolute Gasteiger partial charge is 0.481 e. The molecule has 1 heterocycles. The maximum absolute atomic E-state index is 11.2. The summed E-state index contributed by atoms with van der Waals surface area (Å²) < 4.78 is 5.08. The quantitative estimate of drug-likeness (QED) is 0.798. The number of amides is 1. The second kappa shape index (κ2) is 6.01. The SMILES string of the molecule is CCCC(=O)NCc1cccnc1OC. The highest BCUT2D eigenvalue weighted by molar-refractivity contribution is 5.75. The molecule has 0 aliphatic carbocycles. The number of pyridine rings is 1. The minimum atomic E-state index is 0.0587. The Bertz CT molecular complexity index is 326. The molecule has 4 heteroatoms. The molecule has 1 amide bonds. The van der Waals surface area contributed by atoms with Gasteiger partial charge in [-0.15, -0.1) is 0 Å². The first-order valence-electron chi connectivity index (χ1n) is 5.02. The zero-order chi connectivity index (χ0) is 11.1. The van der Waals surface area contributed by atoms with E-state index in [9.17, 15) is 4.79 Å². The summed E-state index contributed by atoms with van der Waals surface area (Å²) in [7, 11) is 1.57. The summed E-state index contributed by atoms with van der Waals surface area (Å²) in [6.45, 7) is 2.44. The summed E-state index contributed by atoms with van der Waals surface area (Å²) in [5, 5.41) is 2.82. The van der Waals surface area contributed by atoms with E-state index in [2.05, 4.69) is 10.3 Å². The van der Waals surface area contributed by atoms with E-state index in [0.717, 1.165) is 12.0 Å². The Kier molecular flexibility index (Phi) is 4.60. The molecule has 0 aromatic carbocycles. The molecule has 1 aromatic rings. The van der Waals surface area contributed by atoms with Crippen molar-refractivity contribution in [2.75, 3.05) is 7.11 Å². The molecule has 82 valence electrons. The molecule has 0 bridgehead atoms. The van der Waals surface area contributed by atoms with Gasteiger partial charge in [-0.25, -0.2) is 4.98 Å². The van der Waals surface area contributed by atoms with Crippen molar-refractivity contribution in [3.05, 3.63) is 23.9 Å². The van der Waals surface area contributed by atoms with Crippen LogP contribution >= 0.6 is 0 Å². The zero-order valence-electron chi connectivity index (χ0n) is 9.12. The molecule has 0 aliphatic heterocycles. The van der Waals surface area contributed by atoms with Crippen LogP contribution < -0.4 is 10.1 Å². The molecule has 0 saturated heterocycles. The van der Waals surface area contributed by atoms with E-state index in [-0.39, 0.29) is 5.91 Å². The first-order valence-corrected chi connectivity index (χ1v) is 5.02. The molecule has 0 fully saturated rings. The van der Waals surface area contributed by atoms with E-state index in [1.54, 1.807) is 13.3 Å². The fraction of sp³-hybridized carbons (Fsp3) is 0.455. The molecule has 1 rings (SSSR count). The van der Waals surface area contributed by atoms with Gasteiger partial charge in [0, 0.05) is 24.7 Å². The van der Waals surface area contributed by atoms with Gasteiger partial charge in [-0.05, 0) is 12.5 Å². The molecule has 4 nitrogen and oxygen atoms in total. The first kappa shape index (κ1) is 11.5. The third-order valence-electron chi connectivity index (χ3n) is 2.00. The van der Waals surface area contributed by atoms with Crippen LogP contribution in [0, 0.1) is 0 Å². The Morgan fingerprint density at radius 1 is 1.60 bits per heavy atom. The third-order valence-corrected chi connectivity index (χ3v) is 2.00. The van der Waals surface area contributed by atoms with Crippen molar-refractivity contribution in [2.24, 2.45) is 0 Å². The lowest BCUT2D eigenvalue weighted by molar-refractivity contribution is -0.121. The summed E-state index contributed by atoms with van der Waals surface area (Å²) >= 11 is 0. The number of rotatable bonds is 5. The lowest BCUT2D eigenvalue weighted by Crippen LogP contribution is -2.22. The molecule has 0 unspecified atom stereocenters. The van der Waals surface area contributed by atoms with E-state index in [1.807, 2.05) is 19.1 Å². The Hall–Kier alpha value is -1.58. The minimum absolute atomic E-state index is 0.0587. The Morgan fingerprint density at radius 2 is 2.40 bits per heavy atom. The monoisotopic (exact) mass is 208 g/mol. The van der Waals surface area contributed by atoms with E-state index in [0.29, 0.717) is 18.8 Å². The lowest BCUT2D eigenvalue weighted by atomic mass is 10.2. The average Bonchev–Trinajstić information content (AvgIpc) is 2.27. The van der Waals surface area contributed by atoms with Gasteiger partial charge in [-0.3, -0.25) is 4.79 Å². The highest BCUT2D eigenvalue weighted by Crippen LogP contribution is 2.12. The van der Waals surface area contributed by atoms with Gasteiger partial charge in [-0.1, -0.05) is 13.0 Å². The summed E-state index contributed by atoms with van der Waals surface area (Å²) in [5.41, 5.74) is 0.893. The maximum Gasteiger partial charge on any atom is 0.220 e. The van der Waals surface area contributed by atoms with Crippen molar-refractivity contribution in [3.8, 4) is 5.88 Å². The van der Waals surface area contributed by atoms with Crippen LogP contribution in [0.1, 0.15) is 25.3 Å². The van der Waals surface area contributed by atoms with Crippen LogP contribution in [0.25, 0.3) is 0 Å². The number of carbonyl (C=O) groups excluding carboxylic acids is 1. The Balaban J connectivity index is 2.53. The van der Waals surface area contributed by atoms with Crippen LogP contribution in [0.3, 0.4) is 0 Å². The lowest BCUT2D eigenvalue weighted by Gasteiger charge is -2.07. The fourth-order valence-corrected chi connectivity index (χ4v) is 1.25. The Morgan fingerprint density at radius 3 is 3.07 bits per heavy atom. The number of carbonyl (C=O) groups is 1. The number of hydrogen-bond donors (Lipinski definition) is 1. The van der Waals surface area contributed by atoms with E-state index < -0.39 is 0 Å². The van der Waals surface area contributed by atoms with Crippen LogP contribution in [0.5, 0.6) is 5.88 Å². The smallest absolute Gasteiger partial charge is 0.220 e. The van der Waals surface area contributed by atoms with Crippen LogP contribution in [0.4, 0.5) is 0 Å². The van der Waals surface area contributed by atoms with Gasteiger partial charge < -0.3 is 10.1 Å². The van der Waals surface area contributed by atoms with Crippen molar-refractivity contribution in [2.45, 2.75) is 26.3 Å². The van der Waals surface area contributed by atoms with Crippen molar-refractivity contribution in [1.82, 2.24) is 10.3 Å². The summed E-state index contributed by atoms with van der Waals surface area (Å²) in [4.78, 5) is 15.3. The van der Waals surface area contributed by atoms with Crippen molar-refractivity contribution in [3.63, 3.8) is 0 Å². The summed E-state index contributed by atoms with van der Waals surface area (Å²) in [5.74, 6) is 0.623. The fourth-order valence-electron chi connectivity index (χ4n) is 1.25. The average molecular weight is 208 g/mol. The maximum atomic E-state index is 11.2. The molecule has 1 aromatic heterocycles. The predicted molar refractivity (Wildman–Crippen MR) is 57.5 cm³/mol. The molecule has 0 aliphatic rings. The molecule has 0 saturated carbocycles. The van der Waals surface area contributed by atoms with Crippen LogP contribution in [0.15, 0.2) is 18.3 Å². The molecule has 0 atom stereocenters. The number of hydrogen-bond acceptors (Lipinski definition) is 3. The Labute approximate surface area is 89.7 Å². The number of aromatic nitrogens is 1. The predicted octanol–water partition coefficient (Wildman–Crippen LogP) is 1.51. The second-order valence-corrected chi connectivity index (χ2v) is 3.20. The zero-order valence-corrected chi connectivity index (χ0v) is 9.12. The van der Waals surface area contributed by atoms with Crippen LogP contribution in [-0.2, 0) is 11.3 Å². The molecular weight excluding hydrogens is 192 g/mol. The minimum Gasteiger partial charge on any atom is -0.481 e. The van der Waals surface area contributed by atoms with Crippen molar-refractivity contribution >= 4 is 5.91 Å². The van der Waals surface area contributed by atoms with Gasteiger partial charge in [-0.2, -0.15) is 0 Å². The molecule has 1 N–H and O–H groups in total. The van der Waals surface area contributed by atoms with Gasteiger partial charge in [0.05, 0.1) is 7.11 Å². The van der Waals surface area contributed by atoms with Crippen LogP contribution in [0.2, 0.25) is 0 Å². The van der Waals surface area contributed by atoms with Gasteiger partial charge in [0.25, 0.3) is 0 Å². The van der Waals surface area contributed by atoms with Crippen molar-refractivity contribution < 1.29 is 9.53 Å². The second-order valence-electron chi connectivity index (χ2n) is 3.20. The molecule has 15 heavy (non-hydrogen) atoms. The standard InChI is InChI=1S/C11H16N2O2/c1-3-5-10(14)13-8-9-6-4-7-12-11(9)15-2/h4,6-7H,3,5,8H2,1-2H3,(H,13,14). The number of nitrogens with zero attached hydrogens (tertiary/aromatic N) is 1. The topological polar surface area (TPSA) is 51.2 Å². The summed E-state index contributed by atoms with van der Waals surface area (Å²) in [6, 6.07) is 3.71. The number of ether oxygens (including phenoxy) is 1. The molecule has 0 spiro atoms. The van der Waals surface area contributed by atoms with E-state index in [1.165, 1.54) is 0 Å². The van der Waals surface area contributed by atoms with Crippen LogP contribution in [-0.4, -0.2) is 18.0 Å². The third kappa shape index (κ3) is 3.58.